The van der Waals surface area contributed by atoms with E-state index in [0.29, 0.717) is 25.7 Å². The van der Waals surface area contributed by atoms with Gasteiger partial charge in [0, 0.05) is 25.7 Å². The van der Waals surface area contributed by atoms with Crippen molar-refractivity contribution in [2.24, 2.45) is 17.8 Å². The van der Waals surface area contributed by atoms with Crippen LogP contribution in [0.4, 0.5) is 0 Å². The lowest BCUT2D eigenvalue weighted by atomic mass is 9.99. The summed E-state index contributed by atoms with van der Waals surface area (Å²) in [6.07, 6.45) is 49.9. The number of esters is 4. The predicted molar refractivity (Wildman–Crippen MR) is 377 cm³/mol. The fourth-order valence-corrected chi connectivity index (χ4v) is 12.8. The molecular weight excluding hydrogens is 1220 g/mol. The van der Waals surface area contributed by atoms with Gasteiger partial charge in [-0.15, -0.1) is 0 Å². The van der Waals surface area contributed by atoms with Gasteiger partial charge in [-0.25, -0.2) is 9.13 Å². The molecule has 0 saturated carbocycles. The number of rotatable bonds is 72. The Morgan fingerprint density at radius 1 is 0.312 bits per heavy atom. The molecular formula is C74H144O17P2. The van der Waals surface area contributed by atoms with E-state index >= 15 is 0 Å². The molecule has 0 spiro atoms. The van der Waals surface area contributed by atoms with Gasteiger partial charge in [-0.3, -0.25) is 37.3 Å². The zero-order valence-electron chi connectivity index (χ0n) is 60.7. The predicted octanol–water partition coefficient (Wildman–Crippen LogP) is 21.4. The standard InChI is InChI=1S/C74H144O17P2/c1-8-10-11-12-13-14-26-34-41-48-55-71(76)84-62-70(91-74(79)58-51-44-37-30-29-32-39-46-53-66(5)6)64-89-93(82,83)87-60-68(75)59-86-92(80,81)88-63-69(61-85-72(77)56-49-42-35-27-23-19-20-24-31-38-45-52-65(3)4)90-73(78)57-50-43-36-28-22-18-16-15-17-21-25-33-40-47-54-67(7)9-2/h65-70,75H,8-64H2,1-7H3,(H,80,81)(H,82,83)/t67?,68-,69-,70-/m1/s1. The Morgan fingerprint density at radius 3 is 0.817 bits per heavy atom. The Hall–Kier alpha value is -1.94. The lowest BCUT2D eigenvalue weighted by Crippen LogP contribution is -2.30. The minimum absolute atomic E-state index is 0.104. The number of phosphoric ester groups is 2. The third kappa shape index (κ3) is 67.0. The molecule has 0 aliphatic rings. The summed E-state index contributed by atoms with van der Waals surface area (Å²) in [6.45, 7) is 11.9. The van der Waals surface area contributed by atoms with Crippen LogP contribution < -0.4 is 0 Å². The van der Waals surface area contributed by atoms with E-state index in [1.807, 2.05) is 0 Å². The second-order valence-electron chi connectivity index (χ2n) is 27.9. The second kappa shape index (κ2) is 64.7. The van der Waals surface area contributed by atoms with Gasteiger partial charge in [0.05, 0.1) is 26.4 Å². The highest BCUT2D eigenvalue weighted by atomic mass is 31.2. The Morgan fingerprint density at radius 2 is 0.548 bits per heavy atom. The SMILES string of the molecule is CCCCCCCCCCCCC(=O)OC[C@H](COP(=O)(O)OC[C@H](O)COP(=O)(O)OC[C@@H](COC(=O)CCCCCCCCCCCCCC(C)C)OC(=O)CCCCCCCCCCCCCCCCC(C)CC)OC(=O)CCCCCCCCCCC(C)C. The van der Waals surface area contributed by atoms with Crippen LogP contribution in [0.1, 0.15) is 376 Å². The third-order valence-corrected chi connectivity index (χ3v) is 19.4. The highest BCUT2D eigenvalue weighted by Gasteiger charge is 2.30. The minimum atomic E-state index is -4.96. The molecule has 552 valence electrons. The summed E-state index contributed by atoms with van der Waals surface area (Å²) in [5, 5.41) is 10.6. The van der Waals surface area contributed by atoms with Crippen molar-refractivity contribution in [3.63, 3.8) is 0 Å². The number of phosphoric acid groups is 2. The van der Waals surface area contributed by atoms with Crippen molar-refractivity contribution in [3.8, 4) is 0 Å². The molecule has 0 amide bonds. The molecule has 0 aromatic rings. The van der Waals surface area contributed by atoms with Crippen molar-refractivity contribution in [2.45, 2.75) is 394 Å². The lowest BCUT2D eigenvalue weighted by Gasteiger charge is -2.21. The maximum atomic E-state index is 13.1. The fraction of sp³-hybridized carbons (Fsp3) is 0.946. The second-order valence-corrected chi connectivity index (χ2v) is 30.8. The molecule has 0 fully saturated rings. The first-order valence-electron chi connectivity index (χ1n) is 38.4. The van der Waals surface area contributed by atoms with Gasteiger partial charge in [0.25, 0.3) is 0 Å². The Kier molecular flexibility index (Phi) is 63.4. The number of unbranched alkanes of at least 4 members (excludes halogenated alkanes) is 39. The van der Waals surface area contributed by atoms with Crippen LogP contribution in [0, 0.1) is 17.8 Å². The van der Waals surface area contributed by atoms with Crippen molar-refractivity contribution in [2.75, 3.05) is 39.6 Å². The molecule has 0 aromatic heterocycles. The maximum absolute atomic E-state index is 13.1. The number of hydrogen-bond donors (Lipinski definition) is 3. The molecule has 17 nitrogen and oxygen atoms in total. The molecule has 0 aliphatic heterocycles. The summed E-state index contributed by atoms with van der Waals surface area (Å²) < 4.78 is 68.4. The number of carbonyl (C=O) groups is 4. The molecule has 3 unspecified atom stereocenters. The van der Waals surface area contributed by atoms with E-state index in [1.165, 1.54) is 186 Å². The summed E-state index contributed by atoms with van der Waals surface area (Å²) in [6, 6.07) is 0. The lowest BCUT2D eigenvalue weighted by molar-refractivity contribution is -0.161. The van der Waals surface area contributed by atoms with Crippen LogP contribution >= 0.6 is 15.6 Å². The molecule has 0 aromatic carbocycles. The number of aliphatic hydroxyl groups excluding tert-OH is 1. The quantitative estimate of drug-likeness (QED) is 0.0222. The molecule has 0 saturated heterocycles. The zero-order valence-corrected chi connectivity index (χ0v) is 62.5. The molecule has 93 heavy (non-hydrogen) atoms. The number of ether oxygens (including phenoxy) is 4. The van der Waals surface area contributed by atoms with Gasteiger partial charge in [-0.1, -0.05) is 325 Å². The van der Waals surface area contributed by atoms with Crippen LogP contribution in [0.3, 0.4) is 0 Å². The minimum Gasteiger partial charge on any atom is -0.462 e. The monoisotopic (exact) mass is 1370 g/mol. The zero-order chi connectivity index (χ0) is 68.7. The van der Waals surface area contributed by atoms with E-state index in [9.17, 15) is 43.2 Å². The van der Waals surface area contributed by atoms with Crippen molar-refractivity contribution in [1.29, 1.82) is 0 Å². The summed E-state index contributed by atoms with van der Waals surface area (Å²) in [7, 11) is -9.91. The number of aliphatic hydroxyl groups is 1. The van der Waals surface area contributed by atoms with Crippen LogP contribution in [-0.4, -0.2) is 96.7 Å². The van der Waals surface area contributed by atoms with E-state index in [-0.39, 0.29) is 25.7 Å². The summed E-state index contributed by atoms with van der Waals surface area (Å²) >= 11 is 0. The highest BCUT2D eigenvalue weighted by molar-refractivity contribution is 7.47. The van der Waals surface area contributed by atoms with Gasteiger partial charge in [-0.05, 0) is 43.4 Å². The maximum Gasteiger partial charge on any atom is 0.472 e. The van der Waals surface area contributed by atoms with Gasteiger partial charge >= 0.3 is 39.5 Å². The average Bonchev–Trinajstić information content (AvgIpc) is 1.70. The Bertz CT molecular complexity index is 1820. The average molecular weight is 1370 g/mol. The van der Waals surface area contributed by atoms with E-state index in [4.69, 9.17) is 37.0 Å². The van der Waals surface area contributed by atoms with Crippen molar-refractivity contribution < 1.29 is 80.2 Å². The Labute approximate surface area is 568 Å². The van der Waals surface area contributed by atoms with Gasteiger partial charge in [0.2, 0.25) is 0 Å². The molecule has 0 radical (unpaired) electrons. The van der Waals surface area contributed by atoms with Gasteiger partial charge < -0.3 is 33.8 Å². The molecule has 0 rings (SSSR count). The molecule has 0 aliphatic carbocycles. The fourth-order valence-electron chi connectivity index (χ4n) is 11.2. The molecule has 0 heterocycles. The highest BCUT2D eigenvalue weighted by Crippen LogP contribution is 2.45. The van der Waals surface area contributed by atoms with E-state index < -0.39 is 97.5 Å². The van der Waals surface area contributed by atoms with Gasteiger partial charge in [0.1, 0.15) is 19.3 Å². The molecule has 3 N–H and O–H groups in total. The van der Waals surface area contributed by atoms with Crippen molar-refractivity contribution in [1.82, 2.24) is 0 Å². The van der Waals surface area contributed by atoms with Crippen LogP contribution in [0.15, 0.2) is 0 Å². The summed E-state index contributed by atoms with van der Waals surface area (Å²) in [5.74, 6) is 0.214. The summed E-state index contributed by atoms with van der Waals surface area (Å²) in [4.78, 5) is 72.7. The normalized spacial score (nSPS) is 14.4. The molecule has 0 bridgehead atoms. The number of carbonyl (C=O) groups excluding carboxylic acids is 4. The van der Waals surface area contributed by atoms with Crippen LogP contribution in [0.25, 0.3) is 0 Å². The first-order valence-corrected chi connectivity index (χ1v) is 41.4. The first kappa shape index (κ1) is 91.1. The number of hydrogen-bond acceptors (Lipinski definition) is 15. The first-order chi connectivity index (χ1) is 44.8. The van der Waals surface area contributed by atoms with Crippen molar-refractivity contribution >= 4 is 39.5 Å². The van der Waals surface area contributed by atoms with Gasteiger partial charge in [0.15, 0.2) is 12.2 Å². The van der Waals surface area contributed by atoms with Crippen LogP contribution in [0.2, 0.25) is 0 Å². The van der Waals surface area contributed by atoms with E-state index in [2.05, 4.69) is 48.5 Å². The van der Waals surface area contributed by atoms with E-state index in [0.717, 1.165) is 108 Å². The molecule has 6 atom stereocenters. The van der Waals surface area contributed by atoms with Crippen molar-refractivity contribution in [3.05, 3.63) is 0 Å². The molecule has 19 heteroatoms. The van der Waals surface area contributed by atoms with Gasteiger partial charge in [-0.2, -0.15) is 0 Å². The smallest absolute Gasteiger partial charge is 0.462 e. The third-order valence-electron chi connectivity index (χ3n) is 17.5. The Balaban J connectivity index is 5.24. The van der Waals surface area contributed by atoms with Crippen LogP contribution in [-0.2, 0) is 65.4 Å². The summed E-state index contributed by atoms with van der Waals surface area (Å²) in [5.41, 5.74) is 0. The van der Waals surface area contributed by atoms with E-state index in [1.54, 1.807) is 0 Å². The van der Waals surface area contributed by atoms with Crippen LogP contribution in [0.5, 0.6) is 0 Å². The largest absolute Gasteiger partial charge is 0.472 e. The topological polar surface area (TPSA) is 237 Å².